The van der Waals surface area contributed by atoms with Gasteiger partial charge in [0.25, 0.3) is 11.9 Å². The van der Waals surface area contributed by atoms with E-state index in [1.54, 1.807) is 51.7 Å². The van der Waals surface area contributed by atoms with Crippen LogP contribution in [0.1, 0.15) is 15.9 Å². The second kappa shape index (κ2) is 12.5. The van der Waals surface area contributed by atoms with Crippen molar-refractivity contribution in [1.82, 2.24) is 20.5 Å². The van der Waals surface area contributed by atoms with E-state index < -0.39 is 10.9 Å². The first kappa shape index (κ1) is 25.7. The zero-order valence-electron chi connectivity index (χ0n) is 20.0. The molecule has 1 aliphatic heterocycles. The van der Waals surface area contributed by atoms with Crippen LogP contribution in [0.15, 0.2) is 47.5 Å². The minimum Gasteiger partial charge on any atom is -0.493 e. The van der Waals surface area contributed by atoms with Crippen LogP contribution in [0, 0.1) is 10.1 Å². The number of piperazine rings is 1. The lowest BCUT2D eigenvalue weighted by Crippen LogP contribution is -2.47. The predicted octanol–water partition coefficient (Wildman–Crippen LogP) is 1.35. The van der Waals surface area contributed by atoms with Crippen LogP contribution in [0.3, 0.4) is 0 Å². The fraction of sp³-hybridized carbons (Fsp3) is 0.391. The lowest BCUT2D eigenvalue weighted by molar-refractivity contribution is -0.525. The van der Waals surface area contributed by atoms with Gasteiger partial charge in [-0.2, -0.15) is 0 Å². The molecule has 12 nitrogen and oxygen atoms in total. The van der Waals surface area contributed by atoms with Crippen molar-refractivity contribution in [3.8, 4) is 17.2 Å². The van der Waals surface area contributed by atoms with Gasteiger partial charge in [-0.1, -0.05) is 29.7 Å². The number of rotatable bonds is 9. The van der Waals surface area contributed by atoms with Gasteiger partial charge >= 0.3 is 0 Å². The van der Waals surface area contributed by atoms with Crippen molar-refractivity contribution in [2.24, 2.45) is 4.99 Å². The monoisotopic (exact) mass is 486 g/mol. The topological polar surface area (TPSA) is 131 Å². The number of carbonyl (C=O) groups excluding carboxylic acids is 1. The summed E-state index contributed by atoms with van der Waals surface area (Å²) in [5.41, 5.74) is 3.32. The number of hydrazine groups is 1. The highest BCUT2D eigenvalue weighted by Crippen LogP contribution is 2.40. The van der Waals surface area contributed by atoms with Gasteiger partial charge in [-0.15, -0.1) is 0 Å². The molecule has 0 aromatic heterocycles. The number of carbonyl (C=O) groups is 1. The number of methoxy groups -OCH3 is 3. The Morgan fingerprint density at radius 2 is 1.63 bits per heavy atom. The van der Waals surface area contributed by atoms with E-state index in [-0.39, 0.29) is 12.6 Å². The third kappa shape index (κ3) is 7.04. The Morgan fingerprint density at radius 3 is 2.23 bits per heavy atom. The van der Waals surface area contributed by atoms with Gasteiger partial charge in [-0.3, -0.25) is 19.9 Å². The molecule has 1 fully saturated rings. The highest BCUT2D eigenvalue weighted by molar-refractivity contribution is 6.05. The maximum absolute atomic E-state index is 12.3. The summed E-state index contributed by atoms with van der Waals surface area (Å²) >= 11 is 0. The third-order valence-corrected chi connectivity index (χ3v) is 5.54. The predicted molar refractivity (Wildman–Crippen MR) is 129 cm³/mol. The minimum atomic E-state index is -0.751. The lowest BCUT2D eigenvalue weighted by atomic mass is 10.1. The molecule has 35 heavy (non-hydrogen) atoms. The summed E-state index contributed by atoms with van der Waals surface area (Å²) in [6.45, 7) is 3.82. The summed E-state index contributed by atoms with van der Waals surface area (Å²) in [6, 6.07) is 12.3. The van der Waals surface area contributed by atoms with Crippen molar-refractivity contribution in [2.45, 2.75) is 6.54 Å². The molecule has 1 heterocycles. The summed E-state index contributed by atoms with van der Waals surface area (Å²) in [5.74, 6) is 1.12. The van der Waals surface area contributed by atoms with E-state index in [1.165, 1.54) is 0 Å². The first-order chi connectivity index (χ1) is 16.9. The van der Waals surface area contributed by atoms with Gasteiger partial charge in [-0.25, -0.2) is 15.1 Å². The fourth-order valence-corrected chi connectivity index (χ4v) is 3.75. The first-order valence-electron chi connectivity index (χ1n) is 11.0. The van der Waals surface area contributed by atoms with Crippen molar-refractivity contribution in [1.29, 1.82) is 0 Å². The van der Waals surface area contributed by atoms with Crippen LogP contribution >= 0.6 is 0 Å². The Kier molecular flexibility index (Phi) is 9.21. The Labute approximate surface area is 203 Å². The van der Waals surface area contributed by atoms with Gasteiger partial charge in [0.05, 0.1) is 28.0 Å². The summed E-state index contributed by atoms with van der Waals surface area (Å²) in [4.78, 5) is 31.8. The van der Waals surface area contributed by atoms with E-state index in [2.05, 4.69) is 20.1 Å². The number of guanidine groups is 1. The number of nitrogens with zero attached hydrogens (tertiary/aromatic N) is 4. The Morgan fingerprint density at radius 1 is 0.971 bits per heavy atom. The molecule has 0 atom stereocenters. The van der Waals surface area contributed by atoms with Gasteiger partial charge in [0, 0.05) is 43.9 Å². The van der Waals surface area contributed by atoms with Crippen LogP contribution in [0.5, 0.6) is 17.2 Å². The second-order valence-corrected chi connectivity index (χ2v) is 7.72. The summed E-state index contributed by atoms with van der Waals surface area (Å²) in [6.07, 6.45) is 0. The number of amides is 1. The summed E-state index contributed by atoms with van der Waals surface area (Å²) in [7, 11) is 4.76. The molecular formula is C23H30N6O6. The lowest BCUT2D eigenvalue weighted by Gasteiger charge is -2.34. The van der Waals surface area contributed by atoms with Crippen molar-refractivity contribution < 1.29 is 24.0 Å². The van der Waals surface area contributed by atoms with E-state index in [0.29, 0.717) is 42.4 Å². The maximum atomic E-state index is 12.3. The average Bonchev–Trinajstić information content (AvgIpc) is 2.87. The summed E-state index contributed by atoms with van der Waals surface area (Å²) in [5, 5.41) is 12.7. The van der Waals surface area contributed by atoms with Crippen molar-refractivity contribution in [3.63, 3.8) is 0 Å². The van der Waals surface area contributed by atoms with Crippen molar-refractivity contribution in [3.05, 3.63) is 63.7 Å². The van der Waals surface area contributed by atoms with Gasteiger partial charge in [-0.05, 0) is 18.2 Å². The van der Waals surface area contributed by atoms with E-state index >= 15 is 0 Å². The molecular weight excluding hydrogens is 456 g/mol. The largest absolute Gasteiger partial charge is 0.493 e. The zero-order valence-corrected chi connectivity index (χ0v) is 20.0. The van der Waals surface area contributed by atoms with Crippen LogP contribution in [-0.2, 0) is 6.54 Å². The minimum absolute atomic E-state index is 0.207. The van der Waals surface area contributed by atoms with Crippen LogP contribution in [0.2, 0.25) is 0 Å². The van der Waals surface area contributed by atoms with Gasteiger partial charge < -0.3 is 14.2 Å². The molecule has 1 saturated heterocycles. The number of hydrogen-bond acceptors (Lipinski definition) is 9. The van der Waals surface area contributed by atoms with Crippen molar-refractivity contribution >= 4 is 11.9 Å². The number of aliphatic imine (C=N–C) groups is 1. The highest BCUT2D eigenvalue weighted by atomic mass is 16.7. The Balaban J connectivity index is 1.58. The Bertz CT molecular complexity index is 1040. The van der Waals surface area contributed by atoms with Crippen LogP contribution in [-0.4, -0.2) is 80.9 Å². The van der Waals surface area contributed by atoms with Crippen LogP contribution in [0.4, 0.5) is 0 Å². The number of ether oxygens (including phenoxy) is 3. The second-order valence-electron chi connectivity index (χ2n) is 7.72. The van der Waals surface area contributed by atoms with Gasteiger partial charge in [0.2, 0.25) is 5.75 Å². The Hall–Kier alpha value is -3.90. The molecule has 1 aliphatic rings. The molecule has 2 aromatic rings. The van der Waals surface area contributed by atoms with E-state index in [9.17, 15) is 14.9 Å². The van der Waals surface area contributed by atoms with E-state index in [4.69, 9.17) is 14.2 Å². The molecule has 0 saturated carbocycles. The van der Waals surface area contributed by atoms with Crippen LogP contribution in [0.25, 0.3) is 0 Å². The molecule has 3 rings (SSSR count). The number of nitro groups is 1. The van der Waals surface area contributed by atoms with Crippen molar-refractivity contribution in [2.75, 3.05) is 54.2 Å². The van der Waals surface area contributed by atoms with Gasteiger partial charge in [0.1, 0.15) is 0 Å². The first-order valence-corrected chi connectivity index (χ1v) is 11.0. The molecule has 0 spiro atoms. The standard InChI is InChI=1S/C23H30N6O6/c1-33-19-10-9-18(20(34-2)21(19)35-3)15-27-11-13-28(14-12-27)16-24-23(26-29(31)32)25-22(30)17-7-5-4-6-8-17/h4-10H,11-16H2,1-3H3,(H2,24,25,26,30). The molecule has 188 valence electrons. The van der Waals surface area contributed by atoms with Crippen LogP contribution < -0.4 is 25.0 Å². The zero-order chi connectivity index (χ0) is 25.2. The summed E-state index contributed by atoms with van der Waals surface area (Å²) < 4.78 is 16.4. The third-order valence-electron chi connectivity index (χ3n) is 5.54. The van der Waals surface area contributed by atoms with E-state index in [0.717, 1.165) is 18.7 Å². The highest BCUT2D eigenvalue weighted by Gasteiger charge is 2.21. The molecule has 0 aliphatic carbocycles. The SMILES string of the molecule is COc1ccc(CN2CCN(CN=C(NC(=O)c3ccccc3)N[N+](=O)[O-])CC2)c(OC)c1OC. The van der Waals surface area contributed by atoms with Gasteiger partial charge in [0.15, 0.2) is 16.5 Å². The average molecular weight is 487 g/mol. The smallest absolute Gasteiger partial charge is 0.262 e. The number of hydrogen-bond donors (Lipinski definition) is 2. The molecule has 2 N–H and O–H groups in total. The normalized spacial score (nSPS) is 14.8. The molecule has 2 aromatic carbocycles. The molecule has 0 radical (unpaired) electrons. The maximum Gasteiger partial charge on any atom is 0.262 e. The molecule has 1 amide bonds. The fourth-order valence-electron chi connectivity index (χ4n) is 3.75. The number of benzene rings is 2. The van der Waals surface area contributed by atoms with E-state index in [1.807, 2.05) is 17.6 Å². The molecule has 0 unspecified atom stereocenters. The molecule has 12 heteroatoms. The number of nitrogens with one attached hydrogen (secondary N) is 2. The molecule has 0 bridgehead atoms. The quantitative estimate of drug-likeness (QED) is 0.233.